The number of fused-ring (bicyclic) bond motifs is 1. The van der Waals surface area contributed by atoms with Crippen LogP contribution in [-0.2, 0) is 31.1 Å². The van der Waals surface area contributed by atoms with Gasteiger partial charge in [-0.25, -0.2) is 0 Å². The molecule has 0 atom stereocenters. The molecule has 54 heavy (non-hydrogen) atoms. The average molecular weight is 723 g/mol. The van der Waals surface area contributed by atoms with Crippen LogP contribution in [0.25, 0.3) is 10.8 Å². The van der Waals surface area contributed by atoms with Gasteiger partial charge in [-0.2, -0.15) is 0 Å². The Balaban J connectivity index is 0.000000243. The molecule has 290 valence electrons. The van der Waals surface area contributed by atoms with Gasteiger partial charge >= 0.3 is 0 Å². The summed E-state index contributed by atoms with van der Waals surface area (Å²) in [7, 11) is 0. The molecule has 0 aliphatic carbocycles. The molecule has 0 radical (unpaired) electrons. The molecule has 0 nitrogen and oxygen atoms in total. The Hall–Kier alpha value is -3.64. The molecule has 0 heteroatoms. The molecule has 0 fully saturated rings. The Morgan fingerprint density at radius 1 is 0.370 bits per heavy atom. The minimum atomic E-state index is 0.208. The van der Waals surface area contributed by atoms with E-state index >= 15 is 0 Å². The molecule has 0 heterocycles. The summed E-state index contributed by atoms with van der Waals surface area (Å²) in [6.45, 7) is 16.3. The van der Waals surface area contributed by atoms with E-state index < -0.39 is 0 Å². The highest BCUT2D eigenvalue weighted by molar-refractivity contribution is 5.83. The molecule has 0 aromatic heterocycles. The van der Waals surface area contributed by atoms with E-state index in [-0.39, 0.29) is 5.41 Å². The van der Waals surface area contributed by atoms with Gasteiger partial charge in [0.25, 0.3) is 0 Å². The van der Waals surface area contributed by atoms with E-state index in [2.05, 4.69) is 164 Å². The van der Waals surface area contributed by atoms with Gasteiger partial charge in [-0.15, -0.1) is 0 Å². The van der Waals surface area contributed by atoms with E-state index in [1.165, 1.54) is 146 Å². The topological polar surface area (TPSA) is 0 Å². The van der Waals surface area contributed by atoms with Crippen LogP contribution in [0.3, 0.4) is 0 Å². The smallest absolute Gasteiger partial charge is 0.00255 e. The highest BCUT2D eigenvalue weighted by Gasteiger charge is 2.27. The van der Waals surface area contributed by atoms with Crippen molar-refractivity contribution in [2.45, 2.75) is 163 Å². The van der Waals surface area contributed by atoms with Crippen molar-refractivity contribution in [1.82, 2.24) is 0 Å². The second-order valence-corrected chi connectivity index (χ2v) is 18.0. The van der Waals surface area contributed by atoms with Crippen LogP contribution < -0.4 is 0 Å². The number of hydrogen-bond acceptors (Lipinski definition) is 0. The molecule has 0 aliphatic rings. The average Bonchev–Trinajstić information content (AvgIpc) is 3.15. The molecule has 0 saturated heterocycles. The van der Waals surface area contributed by atoms with E-state index in [0.29, 0.717) is 5.41 Å². The van der Waals surface area contributed by atoms with Gasteiger partial charge in [0.15, 0.2) is 0 Å². The zero-order chi connectivity index (χ0) is 38.7. The van der Waals surface area contributed by atoms with E-state index in [0.717, 1.165) is 12.8 Å². The van der Waals surface area contributed by atoms with Gasteiger partial charge in [0, 0.05) is 0 Å². The van der Waals surface area contributed by atoms with Gasteiger partial charge in [0.1, 0.15) is 0 Å². The molecule has 0 aliphatic heterocycles. The maximum Gasteiger partial charge on any atom is -0.00255 e. The van der Waals surface area contributed by atoms with Gasteiger partial charge in [-0.1, -0.05) is 228 Å². The van der Waals surface area contributed by atoms with Crippen molar-refractivity contribution in [1.29, 1.82) is 0 Å². The zero-order valence-corrected chi connectivity index (χ0v) is 35.5. The summed E-state index contributed by atoms with van der Waals surface area (Å²) in [6.07, 6.45) is 22.2. The molecule has 0 N–H and O–H groups in total. The second-order valence-electron chi connectivity index (χ2n) is 18.0. The van der Waals surface area contributed by atoms with Crippen LogP contribution in [0.4, 0.5) is 0 Å². The summed E-state index contributed by atoms with van der Waals surface area (Å²) in [6, 6.07) is 43.3. The number of hydrogen-bond donors (Lipinski definition) is 0. The number of benzene rings is 5. The Morgan fingerprint density at radius 3 is 1.24 bits per heavy atom. The lowest BCUT2D eigenvalue weighted by atomic mass is 9.72. The lowest BCUT2D eigenvalue weighted by Gasteiger charge is -2.33. The predicted octanol–water partition coefficient (Wildman–Crippen LogP) is 16.2. The normalized spacial score (nSPS) is 11.8. The molecule has 0 spiro atoms. The van der Waals surface area contributed by atoms with Crippen LogP contribution >= 0.6 is 0 Å². The second kappa shape index (κ2) is 22.7. The first kappa shape index (κ1) is 43.1. The first-order valence-electron chi connectivity index (χ1n) is 21.8. The van der Waals surface area contributed by atoms with Crippen molar-refractivity contribution in [2.24, 2.45) is 5.41 Å². The fourth-order valence-corrected chi connectivity index (χ4v) is 8.19. The Kier molecular flexibility index (Phi) is 18.1. The summed E-state index contributed by atoms with van der Waals surface area (Å²) in [5, 5.41) is 2.63. The SMILES string of the molecule is CC(C)(C)CC(C)(C)c1ccc(Cc2ccc3ccccc3c2)cc1.CCCCCCCCc1ccc(Cc2ccc(CCCCCCCC)cc2)cc1. The summed E-state index contributed by atoms with van der Waals surface area (Å²) in [5.74, 6) is 0. The number of rotatable bonds is 20. The lowest BCUT2D eigenvalue weighted by Crippen LogP contribution is -2.24. The van der Waals surface area contributed by atoms with Crippen molar-refractivity contribution >= 4 is 10.8 Å². The largest absolute Gasteiger partial charge is 0.0654 e. The quantitative estimate of drug-likeness (QED) is 0.0702. The maximum absolute atomic E-state index is 2.36. The highest BCUT2D eigenvalue weighted by atomic mass is 14.3. The van der Waals surface area contributed by atoms with Gasteiger partial charge < -0.3 is 0 Å². The fraction of sp³-hybridized carbons (Fsp3) is 0.481. The third-order valence-electron chi connectivity index (χ3n) is 11.0. The van der Waals surface area contributed by atoms with E-state index in [9.17, 15) is 0 Å². The summed E-state index contributed by atoms with van der Waals surface area (Å²) >= 11 is 0. The minimum absolute atomic E-state index is 0.208. The van der Waals surface area contributed by atoms with Crippen molar-refractivity contribution in [3.8, 4) is 0 Å². The third-order valence-corrected chi connectivity index (χ3v) is 11.0. The summed E-state index contributed by atoms with van der Waals surface area (Å²) < 4.78 is 0. The molecule has 5 rings (SSSR count). The van der Waals surface area contributed by atoms with Crippen LogP contribution in [-0.4, -0.2) is 0 Å². The highest BCUT2D eigenvalue weighted by Crippen LogP contribution is 2.36. The Labute approximate surface area is 332 Å². The van der Waals surface area contributed by atoms with Gasteiger partial charge in [-0.05, 0) is 105 Å². The van der Waals surface area contributed by atoms with Crippen molar-refractivity contribution in [2.75, 3.05) is 0 Å². The molecule has 5 aromatic carbocycles. The Morgan fingerprint density at radius 2 is 0.759 bits per heavy atom. The molecular formula is C54H74. The summed E-state index contributed by atoms with van der Waals surface area (Å²) in [5.41, 5.74) is 10.6. The predicted molar refractivity (Wildman–Crippen MR) is 240 cm³/mol. The van der Waals surface area contributed by atoms with E-state index in [1.807, 2.05) is 0 Å². The molecule has 0 saturated carbocycles. The molecular weight excluding hydrogens is 649 g/mol. The van der Waals surface area contributed by atoms with Crippen LogP contribution in [0.15, 0.2) is 115 Å². The Bertz CT molecular complexity index is 1670. The van der Waals surface area contributed by atoms with Crippen molar-refractivity contribution < 1.29 is 0 Å². The van der Waals surface area contributed by atoms with Crippen LogP contribution in [0, 0.1) is 5.41 Å². The van der Waals surface area contributed by atoms with Crippen molar-refractivity contribution in [3.63, 3.8) is 0 Å². The number of aryl methyl sites for hydroxylation is 2. The first-order valence-corrected chi connectivity index (χ1v) is 21.8. The molecule has 0 amide bonds. The third kappa shape index (κ3) is 16.0. The standard InChI is InChI=1S/C29H44.C25H30/c1-3-5-7-9-11-13-15-26-17-21-28(22-18-26)25-29-23-19-27(20-24-29)16-14-12-10-8-6-4-2;1-24(2,3)18-25(4,5)23-14-11-19(12-15-23)16-20-10-13-21-8-6-7-9-22(21)17-20/h17-24H,3-16,25H2,1-2H3;6-15,17H,16,18H2,1-5H3. The first-order chi connectivity index (χ1) is 26.0. The summed E-state index contributed by atoms with van der Waals surface area (Å²) in [4.78, 5) is 0. The number of unbranched alkanes of at least 4 members (excludes halogenated alkanes) is 10. The molecule has 5 aromatic rings. The van der Waals surface area contributed by atoms with Crippen molar-refractivity contribution in [3.05, 3.63) is 154 Å². The van der Waals surface area contributed by atoms with E-state index in [1.54, 1.807) is 0 Å². The van der Waals surface area contributed by atoms with Crippen LogP contribution in [0.2, 0.25) is 0 Å². The monoisotopic (exact) mass is 723 g/mol. The van der Waals surface area contributed by atoms with Crippen LogP contribution in [0.5, 0.6) is 0 Å². The molecule has 0 bridgehead atoms. The maximum atomic E-state index is 2.36. The molecule has 0 unspecified atom stereocenters. The van der Waals surface area contributed by atoms with Gasteiger partial charge in [-0.3, -0.25) is 0 Å². The fourth-order valence-electron chi connectivity index (χ4n) is 8.19. The minimum Gasteiger partial charge on any atom is -0.0654 e. The van der Waals surface area contributed by atoms with Gasteiger partial charge in [0.2, 0.25) is 0 Å². The van der Waals surface area contributed by atoms with Crippen LogP contribution in [0.1, 0.15) is 171 Å². The van der Waals surface area contributed by atoms with Gasteiger partial charge in [0.05, 0.1) is 0 Å². The lowest BCUT2D eigenvalue weighted by molar-refractivity contribution is 0.284. The van der Waals surface area contributed by atoms with E-state index in [4.69, 9.17) is 0 Å². The zero-order valence-electron chi connectivity index (χ0n) is 35.5.